The molecule has 161 valence electrons. The van der Waals surface area contributed by atoms with Crippen LogP contribution in [0.5, 0.6) is 0 Å². The van der Waals surface area contributed by atoms with Gasteiger partial charge < -0.3 is 0 Å². The minimum absolute atomic E-state index is 0. The summed E-state index contributed by atoms with van der Waals surface area (Å²) in [6.45, 7) is 0. The zero-order valence-corrected chi connectivity index (χ0v) is 21.0. The average molecular weight is 490 g/mol. The first-order valence-corrected chi connectivity index (χ1v) is 10.2. The van der Waals surface area contributed by atoms with E-state index in [1.165, 1.54) is 14.0 Å². The minimum atomic E-state index is 0. The number of hydrogen-bond donors (Lipinski definition) is 0. The lowest BCUT2D eigenvalue weighted by atomic mass is 10.3. The Labute approximate surface area is 193 Å². The molecule has 0 heterocycles. The summed E-state index contributed by atoms with van der Waals surface area (Å²) < 4.78 is 4.33. The van der Waals surface area contributed by atoms with Crippen LogP contribution in [0.2, 0.25) is 0 Å². The molecular weight excluding hydrogens is 466 g/mol. The number of amides is 3. The molecule has 3 rings (SSSR count). The van der Waals surface area contributed by atoms with Gasteiger partial charge in [-0.3, -0.25) is 28.4 Å². The maximum absolute atomic E-state index is 10.2. The van der Waals surface area contributed by atoms with Gasteiger partial charge in [0.05, 0.1) is 0 Å². The van der Waals surface area contributed by atoms with E-state index in [-0.39, 0.29) is 9.90 Å². The lowest BCUT2D eigenvalue weighted by molar-refractivity contribution is -0.107. The summed E-state index contributed by atoms with van der Waals surface area (Å²) in [5.41, 5.74) is 2.63. The fourth-order valence-corrected chi connectivity index (χ4v) is 2.50. The predicted molar refractivity (Wildman–Crippen MR) is 141 cm³/mol. The van der Waals surface area contributed by atoms with Crippen molar-refractivity contribution >= 4 is 74.4 Å². The second kappa shape index (κ2) is 17.5. The number of rotatable bonds is 6. The van der Waals surface area contributed by atoms with Gasteiger partial charge in [-0.15, -0.1) is 0 Å². The molecule has 0 fully saturated rings. The number of para-hydroxylation sites is 3. The van der Waals surface area contributed by atoms with Crippen molar-refractivity contribution in [2.45, 2.75) is 0 Å². The Hall–Kier alpha value is -2.21. The molecule has 0 bridgehead atoms. The summed E-state index contributed by atoms with van der Waals surface area (Å²) in [5.74, 6) is 0. The van der Waals surface area contributed by atoms with Gasteiger partial charge in [0.2, 0.25) is 19.2 Å². The summed E-state index contributed by atoms with van der Waals surface area (Å²) in [6, 6.07) is 28.2. The molecule has 31 heavy (non-hydrogen) atoms. The number of nitrogens with zero attached hydrogens (tertiary/aromatic N) is 3. The molecule has 3 amide bonds. The van der Waals surface area contributed by atoms with Crippen molar-refractivity contribution in [2.75, 3.05) is 14.0 Å². The molecule has 3 aromatic rings. The van der Waals surface area contributed by atoms with Crippen molar-refractivity contribution < 1.29 is 14.4 Å². The van der Waals surface area contributed by atoms with Crippen molar-refractivity contribution in [3.63, 3.8) is 0 Å². The Morgan fingerprint density at radius 2 is 0.645 bits per heavy atom. The smallest absolute Gasteiger partial charge is 0.217 e. The fraction of sp³-hybridized carbons (Fsp3) is 0. The highest BCUT2D eigenvalue weighted by Gasteiger charge is 1.95. The molecule has 3 unspecified atom stereocenters. The van der Waals surface area contributed by atoms with Gasteiger partial charge in [0.15, 0.2) is 0 Å². The quantitative estimate of drug-likeness (QED) is 0.354. The molecule has 0 saturated carbocycles. The van der Waals surface area contributed by atoms with E-state index >= 15 is 0 Å². The number of benzene rings is 3. The molecule has 0 spiro atoms. The largest absolute Gasteiger partial charge is 0.300 e. The van der Waals surface area contributed by atoms with Crippen molar-refractivity contribution in [1.29, 1.82) is 0 Å². The zero-order valence-electron chi connectivity index (χ0n) is 16.6. The van der Waals surface area contributed by atoms with E-state index in [9.17, 15) is 14.4 Å². The standard InChI is InChI=1S/3C7H8NOP.P/c3*9-6-8(10)7-4-2-1-3-5-7;/h3*1-6H,10H2;. The van der Waals surface area contributed by atoms with E-state index in [4.69, 9.17) is 0 Å². The van der Waals surface area contributed by atoms with Crippen molar-refractivity contribution in [1.82, 2.24) is 0 Å². The van der Waals surface area contributed by atoms with Crippen LogP contribution in [0, 0.1) is 0 Å². The van der Waals surface area contributed by atoms with Crippen molar-refractivity contribution in [3.8, 4) is 0 Å². The number of hydrogen-bond acceptors (Lipinski definition) is 3. The van der Waals surface area contributed by atoms with Gasteiger partial charge in [0, 0.05) is 27.0 Å². The molecule has 3 radical (unpaired) electrons. The summed E-state index contributed by atoms with van der Waals surface area (Å²) in [4.78, 5) is 30.6. The molecule has 0 aliphatic rings. The minimum Gasteiger partial charge on any atom is -0.300 e. The SMILES string of the molecule is O=CN(P)c1ccccc1.O=CN(P)c1ccccc1.O=CN(P)c1ccccc1.[P]. The van der Waals surface area contributed by atoms with E-state index in [2.05, 4.69) is 28.2 Å². The van der Waals surface area contributed by atoms with Crippen LogP contribution in [0.25, 0.3) is 0 Å². The number of carbonyl (C=O) groups excluding carboxylic acids is 3. The van der Waals surface area contributed by atoms with Gasteiger partial charge in [-0.25, -0.2) is 0 Å². The predicted octanol–water partition coefficient (Wildman–Crippen LogP) is 5.18. The lowest BCUT2D eigenvalue weighted by Gasteiger charge is -2.08. The van der Waals surface area contributed by atoms with Gasteiger partial charge >= 0.3 is 0 Å². The Morgan fingerprint density at radius 3 is 0.806 bits per heavy atom. The first-order chi connectivity index (χ1) is 14.5. The van der Waals surface area contributed by atoms with Gasteiger partial charge in [-0.05, 0) is 64.6 Å². The molecule has 10 heteroatoms. The molecule has 0 aliphatic heterocycles. The molecule has 6 nitrogen and oxygen atoms in total. The molecule has 3 atom stereocenters. The molecule has 3 aromatic carbocycles. The van der Waals surface area contributed by atoms with Crippen LogP contribution in [0.1, 0.15) is 0 Å². The Bertz CT molecular complexity index is 757. The van der Waals surface area contributed by atoms with E-state index in [0.29, 0.717) is 0 Å². The Balaban J connectivity index is 0.000000429. The molecule has 0 saturated heterocycles. The van der Waals surface area contributed by atoms with Crippen molar-refractivity contribution in [3.05, 3.63) is 91.0 Å². The zero-order chi connectivity index (χ0) is 22.2. The number of carbonyl (C=O) groups is 3. The Morgan fingerprint density at radius 1 is 0.452 bits per heavy atom. The highest BCUT2D eigenvalue weighted by molar-refractivity contribution is 7.21. The van der Waals surface area contributed by atoms with Crippen LogP contribution in [0.15, 0.2) is 91.0 Å². The normalized spacial score (nSPS) is 8.61. The van der Waals surface area contributed by atoms with E-state index in [0.717, 1.165) is 36.3 Å². The van der Waals surface area contributed by atoms with Crippen LogP contribution < -0.4 is 14.0 Å². The lowest BCUT2D eigenvalue weighted by Crippen LogP contribution is -2.03. The highest BCUT2D eigenvalue weighted by Crippen LogP contribution is 2.15. The molecular formula is C21H24N3O3P4. The van der Waals surface area contributed by atoms with Gasteiger partial charge in [0.1, 0.15) is 0 Å². The summed E-state index contributed by atoms with van der Waals surface area (Å²) in [5, 5.41) is 0. The third-order valence-corrected chi connectivity index (χ3v) is 4.76. The monoisotopic (exact) mass is 490 g/mol. The van der Waals surface area contributed by atoms with Crippen LogP contribution in [-0.4, -0.2) is 19.2 Å². The average Bonchev–Trinajstić information content (AvgIpc) is 2.85. The van der Waals surface area contributed by atoms with Crippen LogP contribution in [0.3, 0.4) is 0 Å². The van der Waals surface area contributed by atoms with Crippen LogP contribution in [-0.2, 0) is 14.4 Å². The van der Waals surface area contributed by atoms with Crippen LogP contribution in [0.4, 0.5) is 17.1 Å². The number of anilines is 3. The van der Waals surface area contributed by atoms with Gasteiger partial charge in [-0.2, -0.15) is 0 Å². The van der Waals surface area contributed by atoms with E-state index in [1.807, 2.05) is 91.0 Å². The van der Waals surface area contributed by atoms with E-state index < -0.39 is 0 Å². The third kappa shape index (κ3) is 11.7. The summed E-state index contributed by atoms with van der Waals surface area (Å²) in [6.07, 6.45) is 2.25. The Kier molecular flexibility index (Phi) is 16.2. The third-order valence-electron chi connectivity index (χ3n) is 3.50. The molecule has 0 aromatic heterocycles. The van der Waals surface area contributed by atoms with Gasteiger partial charge in [0.25, 0.3) is 0 Å². The molecule has 0 aliphatic carbocycles. The maximum Gasteiger partial charge on any atom is 0.217 e. The summed E-state index contributed by atoms with van der Waals surface area (Å²) in [7, 11) is 6.94. The maximum atomic E-state index is 10.2. The van der Waals surface area contributed by atoms with E-state index in [1.54, 1.807) is 0 Å². The topological polar surface area (TPSA) is 60.9 Å². The second-order valence-corrected chi connectivity index (χ2v) is 7.21. The van der Waals surface area contributed by atoms with Gasteiger partial charge in [-0.1, -0.05) is 54.6 Å². The van der Waals surface area contributed by atoms with Crippen molar-refractivity contribution in [2.24, 2.45) is 0 Å². The first kappa shape index (κ1) is 28.8. The first-order valence-electron chi connectivity index (χ1n) is 8.66. The fourth-order valence-electron chi connectivity index (χ4n) is 1.98. The summed E-state index contributed by atoms with van der Waals surface area (Å²) >= 11 is 0. The second-order valence-electron chi connectivity index (χ2n) is 5.54. The molecule has 0 N–H and O–H groups in total. The highest BCUT2D eigenvalue weighted by atomic mass is 31.0. The van der Waals surface area contributed by atoms with Crippen LogP contribution >= 0.6 is 38.1 Å².